The van der Waals surface area contributed by atoms with E-state index in [9.17, 15) is 4.79 Å². The summed E-state index contributed by atoms with van der Waals surface area (Å²) in [7, 11) is 0. The monoisotopic (exact) mass is 431 g/mol. The summed E-state index contributed by atoms with van der Waals surface area (Å²) in [6.45, 7) is 2.87. The maximum Gasteiger partial charge on any atom is 0.220 e. The SMILES string of the molecule is CC/C=C/C/C=C/C/C=C/C/C=C/C/C=C/CCCC(=O)NCCCCC(CO)CO. The summed E-state index contributed by atoms with van der Waals surface area (Å²) in [5.74, 6) is 0.0763. The van der Waals surface area contributed by atoms with Gasteiger partial charge in [-0.05, 0) is 57.8 Å². The Morgan fingerprint density at radius 1 is 0.742 bits per heavy atom. The molecule has 0 bridgehead atoms. The lowest BCUT2D eigenvalue weighted by Gasteiger charge is -2.10. The molecule has 0 rings (SSSR count). The van der Waals surface area contributed by atoms with Crippen LogP contribution < -0.4 is 5.32 Å². The number of nitrogens with one attached hydrogen (secondary N) is 1. The Morgan fingerprint density at radius 2 is 1.26 bits per heavy atom. The lowest BCUT2D eigenvalue weighted by atomic mass is 10.0. The fourth-order valence-electron chi connectivity index (χ4n) is 2.86. The van der Waals surface area contributed by atoms with E-state index in [0.717, 1.165) is 64.2 Å². The molecule has 31 heavy (non-hydrogen) atoms. The third kappa shape index (κ3) is 22.6. The number of carbonyl (C=O) groups excluding carboxylic acids is 1. The molecule has 0 saturated carbocycles. The Kier molecular flexibility index (Phi) is 22.9. The van der Waals surface area contributed by atoms with Crippen LogP contribution in [0.5, 0.6) is 0 Å². The van der Waals surface area contributed by atoms with Crippen molar-refractivity contribution in [3.05, 3.63) is 60.8 Å². The van der Waals surface area contributed by atoms with Crippen molar-refractivity contribution in [2.24, 2.45) is 5.92 Å². The van der Waals surface area contributed by atoms with Crippen molar-refractivity contribution in [2.75, 3.05) is 19.8 Å². The van der Waals surface area contributed by atoms with Gasteiger partial charge in [-0.25, -0.2) is 0 Å². The average Bonchev–Trinajstić information content (AvgIpc) is 2.78. The Morgan fingerprint density at radius 3 is 1.77 bits per heavy atom. The first-order valence-electron chi connectivity index (χ1n) is 12.0. The summed E-state index contributed by atoms with van der Waals surface area (Å²) in [5.41, 5.74) is 0. The lowest BCUT2D eigenvalue weighted by Crippen LogP contribution is -2.24. The molecule has 0 heterocycles. The molecule has 3 N–H and O–H groups in total. The zero-order valence-corrected chi connectivity index (χ0v) is 19.6. The Bertz CT molecular complexity index is 543. The fourth-order valence-corrected chi connectivity index (χ4v) is 2.86. The normalized spacial score (nSPS) is 12.6. The minimum absolute atomic E-state index is 0.0264. The van der Waals surface area contributed by atoms with Gasteiger partial charge in [0.05, 0.1) is 0 Å². The summed E-state index contributed by atoms with van der Waals surface area (Å²) < 4.78 is 0. The number of amides is 1. The van der Waals surface area contributed by atoms with E-state index in [0.29, 0.717) is 13.0 Å². The van der Waals surface area contributed by atoms with Crippen LogP contribution in [0.25, 0.3) is 0 Å². The number of hydrogen-bond acceptors (Lipinski definition) is 3. The molecule has 0 aromatic rings. The maximum atomic E-state index is 11.8. The number of aliphatic hydroxyl groups excluding tert-OH is 2. The van der Waals surface area contributed by atoms with Crippen LogP contribution in [0.4, 0.5) is 0 Å². The van der Waals surface area contributed by atoms with Crippen LogP contribution in [0.2, 0.25) is 0 Å². The van der Waals surface area contributed by atoms with Crippen LogP contribution in [0.1, 0.15) is 77.6 Å². The highest BCUT2D eigenvalue weighted by Crippen LogP contribution is 2.06. The largest absolute Gasteiger partial charge is 0.396 e. The first-order valence-corrected chi connectivity index (χ1v) is 12.0. The molecule has 4 nitrogen and oxygen atoms in total. The van der Waals surface area contributed by atoms with E-state index in [1.165, 1.54) is 0 Å². The zero-order chi connectivity index (χ0) is 22.8. The van der Waals surface area contributed by atoms with Crippen molar-refractivity contribution < 1.29 is 15.0 Å². The first-order chi connectivity index (χ1) is 15.2. The molecule has 0 radical (unpaired) electrons. The highest BCUT2D eigenvalue weighted by atomic mass is 16.3. The number of allylic oxidation sites excluding steroid dienone is 10. The second-order valence-corrected chi connectivity index (χ2v) is 7.68. The molecule has 0 aliphatic heterocycles. The molecule has 0 aliphatic rings. The molecular weight excluding hydrogens is 386 g/mol. The van der Waals surface area contributed by atoms with E-state index in [1.54, 1.807) is 0 Å². The van der Waals surface area contributed by atoms with Crippen molar-refractivity contribution in [1.29, 1.82) is 0 Å². The number of unbranched alkanes of at least 4 members (excludes halogenated alkanes) is 2. The Balaban J connectivity index is 3.52. The second kappa shape index (κ2) is 24.4. The van der Waals surface area contributed by atoms with Crippen LogP contribution in [0.15, 0.2) is 60.8 Å². The fraction of sp³-hybridized carbons (Fsp3) is 0.593. The van der Waals surface area contributed by atoms with Crippen LogP contribution in [0, 0.1) is 5.92 Å². The Hall–Kier alpha value is -1.91. The second-order valence-electron chi connectivity index (χ2n) is 7.68. The van der Waals surface area contributed by atoms with Crippen LogP contribution in [-0.2, 0) is 4.79 Å². The van der Waals surface area contributed by atoms with Gasteiger partial charge in [-0.2, -0.15) is 0 Å². The highest BCUT2D eigenvalue weighted by molar-refractivity contribution is 5.75. The molecule has 0 aliphatic carbocycles. The molecule has 0 fully saturated rings. The van der Waals surface area contributed by atoms with Gasteiger partial charge in [0.1, 0.15) is 0 Å². The average molecular weight is 432 g/mol. The van der Waals surface area contributed by atoms with Crippen molar-refractivity contribution in [3.63, 3.8) is 0 Å². The minimum Gasteiger partial charge on any atom is -0.396 e. The molecule has 0 aromatic carbocycles. The van der Waals surface area contributed by atoms with Crippen LogP contribution >= 0.6 is 0 Å². The molecular formula is C27H45NO3. The summed E-state index contributed by atoms with van der Waals surface area (Å²) in [6, 6.07) is 0. The molecule has 176 valence electrons. The van der Waals surface area contributed by atoms with Crippen molar-refractivity contribution in [3.8, 4) is 0 Å². The van der Waals surface area contributed by atoms with E-state index in [2.05, 4.69) is 73.0 Å². The Labute approximate surface area is 190 Å². The maximum absolute atomic E-state index is 11.8. The molecule has 0 saturated heterocycles. The van der Waals surface area contributed by atoms with E-state index >= 15 is 0 Å². The highest BCUT2D eigenvalue weighted by Gasteiger charge is 2.05. The van der Waals surface area contributed by atoms with E-state index in [1.807, 2.05) is 0 Å². The van der Waals surface area contributed by atoms with Crippen molar-refractivity contribution >= 4 is 5.91 Å². The number of hydrogen-bond donors (Lipinski definition) is 3. The predicted molar refractivity (Wildman–Crippen MR) is 133 cm³/mol. The van der Waals surface area contributed by atoms with E-state index in [-0.39, 0.29) is 25.0 Å². The first kappa shape index (κ1) is 29.1. The summed E-state index contributed by atoms with van der Waals surface area (Å²) >= 11 is 0. The topological polar surface area (TPSA) is 69.6 Å². The zero-order valence-electron chi connectivity index (χ0n) is 19.6. The number of rotatable bonds is 20. The van der Waals surface area contributed by atoms with Crippen molar-refractivity contribution in [1.82, 2.24) is 5.32 Å². The molecule has 1 amide bonds. The van der Waals surface area contributed by atoms with Crippen LogP contribution in [0.3, 0.4) is 0 Å². The molecule has 0 atom stereocenters. The van der Waals surface area contributed by atoms with Gasteiger partial charge in [0.2, 0.25) is 5.91 Å². The lowest BCUT2D eigenvalue weighted by molar-refractivity contribution is -0.121. The standard InChI is InChI=1S/C27H45NO3/c1-2-3-4-5-6-7-8-9-10-11-12-13-14-15-16-17-18-22-27(31)28-23-20-19-21-26(24-29)25-30/h3-4,6-7,9-10,12-13,15-16,26,29-30H,2,5,8,11,14,17-25H2,1H3,(H,28,31)/b4-3+,7-6+,10-9+,13-12+,16-15+. The molecule has 0 aromatic heterocycles. The molecule has 0 spiro atoms. The molecule has 0 unspecified atom stereocenters. The van der Waals surface area contributed by atoms with E-state index in [4.69, 9.17) is 10.2 Å². The van der Waals surface area contributed by atoms with Crippen LogP contribution in [-0.4, -0.2) is 35.9 Å². The predicted octanol–water partition coefficient (Wildman–Crippen LogP) is 5.80. The van der Waals surface area contributed by atoms with Gasteiger partial charge >= 0.3 is 0 Å². The van der Waals surface area contributed by atoms with Gasteiger partial charge in [-0.1, -0.05) is 74.1 Å². The van der Waals surface area contributed by atoms with Gasteiger partial charge in [-0.15, -0.1) is 0 Å². The quantitative estimate of drug-likeness (QED) is 0.169. The summed E-state index contributed by atoms with van der Waals surface area (Å²) in [5, 5.41) is 20.9. The third-order valence-corrected chi connectivity index (χ3v) is 4.81. The van der Waals surface area contributed by atoms with Gasteiger partial charge in [-0.3, -0.25) is 4.79 Å². The van der Waals surface area contributed by atoms with Gasteiger partial charge in [0, 0.05) is 32.1 Å². The van der Waals surface area contributed by atoms with Gasteiger partial charge in [0.15, 0.2) is 0 Å². The van der Waals surface area contributed by atoms with E-state index < -0.39 is 0 Å². The molecule has 4 heteroatoms. The van der Waals surface area contributed by atoms with Gasteiger partial charge < -0.3 is 15.5 Å². The summed E-state index contributed by atoms with van der Waals surface area (Å²) in [6.07, 6.45) is 31.8. The minimum atomic E-state index is -0.0285. The summed E-state index contributed by atoms with van der Waals surface area (Å²) in [4.78, 5) is 11.8. The third-order valence-electron chi connectivity index (χ3n) is 4.81. The van der Waals surface area contributed by atoms with Gasteiger partial charge in [0.25, 0.3) is 0 Å². The smallest absolute Gasteiger partial charge is 0.220 e. The number of carbonyl (C=O) groups is 1. The van der Waals surface area contributed by atoms with Crippen molar-refractivity contribution in [2.45, 2.75) is 77.6 Å². The number of aliphatic hydroxyl groups is 2.